The summed E-state index contributed by atoms with van der Waals surface area (Å²) in [6.07, 6.45) is -1.13. The first-order chi connectivity index (χ1) is 10.3. The third-order valence-corrected chi connectivity index (χ3v) is 4.53. The average Bonchev–Trinajstić information content (AvgIpc) is 2.45. The second-order valence-electron chi connectivity index (χ2n) is 5.07. The summed E-state index contributed by atoms with van der Waals surface area (Å²) in [5.41, 5.74) is 0.549. The number of aliphatic hydroxyl groups excluding tert-OH is 1. The highest BCUT2D eigenvalue weighted by molar-refractivity contribution is 7.86. The second kappa shape index (κ2) is 8.26. The fraction of sp³-hybridized carbons (Fsp3) is 0.533. The molecule has 1 aromatic rings. The lowest BCUT2D eigenvalue weighted by molar-refractivity contribution is -0.151. The first kappa shape index (κ1) is 18.6. The van der Waals surface area contributed by atoms with E-state index in [1.54, 1.807) is 32.0 Å². The molecule has 0 fully saturated rings. The molecule has 0 aromatic heterocycles. The van der Waals surface area contributed by atoms with Gasteiger partial charge in [0.15, 0.2) is 0 Å². The molecule has 1 N–H and O–H groups in total. The van der Waals surface area contributed by atoms with Crippen LogP contribution in [0, 0.1) is 6.92 Å². The Labute approximate surface area is 131 Å². The van der Waals surface area contributed by atoms with Crippen molar-refractivity contribution in [3.05, 3.63) is 29.8 Å². The van der Waals surface area contributed by atoms with E-state index in [-0.39, 0.29) is 17.4 Å². The van der Waals surface area contributed by atoms with Crippen LogP contribution in [0.1, 0.15) is 32.3 Å². The van der Waals surface area contributed by atoms with Crippen molar-refractivity contribution in [1.29, 1.82) is 0 Å². The maximum absolute atomic E-state index is 12.0. The predicted octanol–water partition coefficient (Wildman–Crippen LogP) is 1.79. The van der Waals surface area contributed by atoms with Crippen LogP contribution in [0.2, 0.25) is 0 Å². The van der Waals surface area contributed by atoms with Gasteiger partial charge in [0.2, 0.25) is 0 Å². The molecule has 0 saturated carbocycles. The molecule has 2 atom stereocenters. The Bertz CT molecular complexity index is 596. The second-order valence-corrected chi connectivity index (χ2v) is 6.65. The largest absolute Gasteiger partial charge is 0.463 e. The predicted molar refractivity (Wildman–Crippen MR) is 80.8 cm³/mol. The molecule has 0 aliphatic heterocycles. The summed E-state index contributed by atoms with van der Waals surface area (Å²) in [4.78, 5) is 11.5. The number of hydrogen-bond donors (Lipinski definition) is 1. The Balaban J connectivity index is 2.55. The summed E-state index contributed by atoms with van der Waals surface area (Å²) in [5, 5.41) is 9.69. The van der Waals surface area contributed by atoms with Gasteiger partial charge < -0.3 is 9.84 Å². The zero-order chi connectivity index (χ0) is 16.8. The zero-order valence-electron chi connectivity index (χ0n) is 13.0. The monoisotopic (exact) mass is 330 g/mol. The minimum atomic E-state index is -3.96. The van der Waals surface area contributed by atoms with Gasteiger partial charge in [0.1, 0.15) is 0 Å². The lowest BCUT2D eigenvalue weighted by atomic mass is 10.2. The van der Waals surface area contributed by atoms with Crippen molar-refractivity contribution in [3.8, 4) is 0 Å². The molecule has 0 spiro atoms. The zero-order valence-corrected chi connectivity index (χ0v) is 13.8. The van der Waals surface area contributed by atoms with Crippen molar-refractivity contribution >= 4 is 16.1 Å². The van der Waals surface area contributed by atoms with Crippen LogP contribution in [0.25, 0.3) is 0 Å². The van der Waals surface area contributed by atoms with E-state index in [1.807, 2.05) is 6.92 Å². The van der Waals surface area contributed by atoms with Crippen molar-refractivity contribution < 1.29 is 27.2 Å². The number of rotatable bonds is 8. The first-order valence-corrected chi connectivity index (χ1v) is 8.49. The molecule has 6 nitrogen and oxygen atoms in total. The fourth-order valence-corrected chi connectivity index (χ4v) is 2.85. The molecule has 0 radical (unpaired) electrons. The fourth-order valence-electron chi connectivity index (χ4n) is 1.68. The molecule has 7 heteroatoms. The van der Waals surface area contributed by atoms with Gasteiger partial charge in [-0.3, -0.25) is 8.98 Å². The van der Waals surface area contributed by atoms with Gasteiger partial charge in [0.25, 0.3) is 10.1 Å². The smallest absolute Gasteiger partial charge is 0.308 e. The normalized spacial score (nSPS) is 14.4. The lowest BCUT2D eigenvalue weighted by Gasteiger charge is -2.14. The highest BCUT2D eigenvalue weighted by Crippen LogP contribution is 2.17. The summed E-state index contributed by atoms with van der Waals surface area (Å²) >= 11 is 0. The average molecular weight is 330 g/mol. The highest BCUT2D eigenvalue weighted by Gasteiger charge is 2.21. The van der Waals surface area contributed by atoms with Crippen LogP contribution in [-0.4, -0.2) is 38.3 Å². The molecule has 0 heterocycles. The number of aryl methyl sites for hydroxylation is 1. The van der Waals surface area contributed by atoms with Crippen LogP contribution in [0.5, 0.6) is 0 Å². The van der Waals surface area contributed by atoms with Crippen molar-refractivity contribution in [2.75, 3.05) is 6.61 Å². The van der Waals surface area contributed by atoms with Gasteiger partial charge in [-0.15, -0.1) is 0 Å². The Morgan fingerprint density at radius 2 is 1.95 bits per heavy atom. The molecule has 0 saturated heterocycles. The van der Waals surface area contributed by atoms with Gasteiger partial charge in [-0.2, -0.15) is 8.42 Å². The minimum absolute atomic E-state index is 0.0457. The quantitative estimate of drug-likeness (QED) is 0.577. The maximum atomic E-state index is 12.0. The third kappa shape index (κ3) is 5.75. The molecule has 1 rings (SSSR count). The van der Waals surface area contributed by atoms with E-state index < -0.39 is 28.8 Å². The van der Waals surface area contributed by atoms with Crippen molar-refractivity contribution in [1.82, 2.24) is 0 Å². The van der Waals surface area contributed by atoms with E-state index >= 15 is 0 Å². The molecule has 0 amide bonds. The number of carbonyl (C=O) groups excluding carboxylic acids is 1. The number of aliphatic hydroxyl groups is 1. The number of esters is 1. The Hall–Kier alpha value is -1.44. The van der Waals surface area contributed by atoms with E-state index in [2.05, 4.69) is 0 Å². The maximum Gasteiger partial charge on any atom is 0.308 e. The molecule has 2 unspecified atom stereocenters. The molecule has 0 aliphatic carbocycles. The Kier molecular flexibility index (Phi) is 6.99. The van der Waals surface area contributed by atoms with Crippen molar-refractivity contribution in [2.45, 2.75) is 50.7 Å². The van der Waals surface area contributed by atoms with E-state index in [4.69, 9.17) is 8.92 Å². The summed E-state index contributed by atoms with van der Waals surface area (Å²) in [5.74, 6) is -0.585. The van der Waals surface area contributed by atoms with Crippen molar-refractivity contribution in [2.24, 2.45) is 0 Å². The third-order valence-electron chi connectivity index (χ3n) is 3.09. The standard InChI is InChI=1S/C15H22O6S/c1-4-12(3)21-15(17)9-13(16)10-20-22(18,19)14-8-6-5-7-11(14)2/h5-8,12-13,16H,4,9-10H2,1-3H3. The van der Waals surface area contributed by atoms with Crippen LogP contribution in [0.4, 0.5) is 0 Å². The van der Waals surface area contributed by atoms with Gasteiger partial charge in [0, 0.05) is 0 Å². The number of hydrogen-bond acceptors (Lipinski definition) is 6. The van der Waals surface area contributed by atoms with Crippen LogP contribution in [0.15, 0.2) is 29.2 Å². The van der Waals surface area contributed by atoms with Gasteiger partial charge in [-0.05, 0) is 31.9 Å². The molecular weight excluding hydrogens is 308 g/mol. The molecule has 0 bridgehead atoms. The molecule has 124 valence electrons. The summed E-state index contributed by atoms with van der Waals surface area (Å²) in [7, 11) is -3.96. The molecular formula is C15H22O6S. The SMILES string of the molecule is CCC(C)OC(=O)CC(O)COS(=O)(=O)c1ccccc1C. The van der Waals surface area contributed by atoms with Gasteiger partial charge in [-0.25, -0.2) is 0 Å². The molecule has 0 aliphatic rings. The number of carbonyl (C=O) groups is 1. The summed E-state index contributed by atoms with van der Waals surface area (Å²) in [6, 6.07) is 6.38. The Morgan fingerprint density at radius 3 is 2.55 bits per heavy atom. The van der Waals surface area contributed by atoms with Crippen LogP contribution < -0.4 is 0 Å². The number of benzene rings is 1. The highest BCUT2D eigenvalue weighted by atomic mass is 32.2. The van der Waals surface area contributed by atoms with E-state index in [0.29, 0.717) is 12.0 Å². The van der Waals surface area contributed by atoms with Gasteiger partial charge in [0.05, 0.1) is 30.1 Å². The molecule has 1 aromatic carbocycles. The van der Waals surface area contributed by atoms with E-state index in [0.717, 1.165) is 0 Å². The minimum Gasteiger partial charge on any atom is -0.463 e. The first-order valence-electron chi connectivity index (χ1n) is 7.09. The van der Waals surface area contributed by atoms with Crippen LogP contribution in [0.3, 0.4) is 0 Å². The van der Waals surface area contributed by atoms with Gasteiger partial charge >= 0.3 is 5.97 Å². The number of ether oxygens (including phenoxy) is 1. The summed E-state index contributed by atoms with van der Waals surface area (Å²) in [6.45, 7) is 4.76. The summed E-state index contributed by atoms with van der Waals surface area (Å²) < 4.78 is 33.8. The van der Waals surface area contributed by atoms with E-state index in [1.165, 1.54) is 6.07 Å². The topological polar surface area (TPSA) is 89.9 Å². The molecule has 22 heavy (non-hydrogen) atoms. The van der Waals surface area contributed by atoms with Crippen molar-refractivity contribution in [3.63, 3.8) is 0 Å². The Morgan fingerprint density at radius 1 is 1.32 bits per heavy atom. The lowest BCUT2D eigenvalue weighted by Crippen LogP contribution is -2.25. The van der Waals surface area contributed by atoms with Crippen LogP contribution in [-0.2, 0) is 23.8 Å². The van der Waals surface area contributed by atoms with Crippen LogP contribution >= 0.6 is 0 Å². The van der Waals surface area contributed by atoms with Gasteiger partial charge in [-0.1, -0.05) is 25.1 Å². The van der Waals surface area contributed by atoms with E-state index in [9.17, 15) is 18.3 Å².